The zero-order valence-corrected chi connectivity index (χ0v) is 9.62. The molecular weight excluding hydrogens is 242 g/mol. The van der Waals surface area contributed by atoms with Crippen molar-refractivity contribution in [3.05, 3.63) is 29.8 Å². The lowest BCUT2D eigenvalue weighted by Crippen LogP contribution is -2.33. The summed E-state index contributed by atoms with van der Waals surface area (Å²) in [7, 11) is 0. The number of rotatable bonds is 4. The van der Waals surface area contributed by atoms with Crippen molar-refractivity contribution in [3.63, 3.8) is 0 Å². The van der Waals surface area contributed by atoms with E-state index in [0.717, 1.165) is 0 Å². The molecule has 0 aliphatic heterocycles. The average Bonchev–Trinajstić information content (AvgIpc) is 2.36. The highest BCUT2D eigenvalue weighted by atomic mass is 35.5. The Balaban J connectivity index is 2.45. The predicted molar refractivity (Wildman–Crippen MR) is 63.5 cm³/mol. The van der Waals surface area contributed by atoms with Gasteiger partial charge in [-0.15, -0.1) is 11.6 Å². The van der Waals surface area contributed by atoms with Crippen molar-refractivity contribution >= 4 is 29.1 Å². The van der Waals surface area contributed by atoms with Crippen LogP contribution in [0.15, 0.2) is 24.3 Å². The SMILES string of the molecule is N#Cc1ccc(NC(=O)CNC(=O)CCl)cc1. The van der Waals surface area contributed by atoms with Crippen LogP contribution >= 0.6 is 11.6 Å². The Morgan fingerprint density at radius 2 is 1.88 bits per heavy atom. The van der Waals surface area contributed by atoms with Crippen molar-refractivity contribution in [2.24, 2.45) is 0 Å². The number of benzene rings is 1. The van der Waals surface area contributed by atoms with Crippen molar-refractivity contribution in [3.8, 4) is 6.07 Å². The van der Waals surface area contributed by atoms with Crippen LogP contribution in [0.2, 0.25) is 0 Å². The van der Waals surface area contributed by atoms with Crippen LogP contribution in [0.5, 0.6) is 0 Å². The van der Waals surface area contributed by atoms with Gasteiger partial charge in [0.05, 0.1) is 18.2 Å². The van der Waals surface area contributed by atoms with Crippen LogP contribution in [0.4, 0.5) is 5.69 Å². The summed E-state index contributed by atoms with van der Waals surface area (Å²) in [6.07, 6.45) is 0. The number of alkyl halides is 1. The summed E-state index contributed by atoms with van der Waals surface area (Å²) in [4.78, 5) is 22.1. The molecule has 0 aromatic heterocycles. The quantitative estimate of drug-likeness (QED) is 0.779. The minimum absolute atomic E-state index is 0.133. The van der Waals surface area contributed by atoms with Crippen LogP contribution in [0.1, 0.15) is 5.56 Å². The lowest BCUT2D eigenvalue weighted by Gasteiger charge is -2.05. The lowest BCUT2D eigenvalue weighted by atomic mass is 10.2. The molecule has 17 heavy (non-hydrogen) atoms. The molecule has 1 aromatic carbocycles. The van der Waals surface area contributed by atoms with Gasteiger partial charge in [-0.05, 0) is 24.3 Å². The van der Waals surface area contributed by atoms with Crippen LogP contribution in [-0.2, 0) is 9.59 Å². The number of carbonyl (C=O) groups excluding carboxylic acids is 2. The third-order valence-electron chi connectivity index (χ3n) is 1.87. The minimum Gasteiger partial charge on any atom is -0.346 e. The van der Waals surface area contributed by atoms with Crippen molar-refractivity contribution in [2.45, 2.75) is 0 Å². The number of hydrogen-bond donors (Lipinski definition) is 2. The largest absolute Gasteiger partial charge is 0.346 e. The number of nitrogens with one attached hydrogen (secondary N) is 2. The van der Waals surface area contributed by atoms with E-state index in [1.807, 2.05) is 6.07 Å². The van der Waals surface area contributed by atoms with E-state index in [4.69, 9.17) is 16.9 Å². The summed E-state index contributed by atoms with van der Waals surface area (Å²) in [5.41, 5.74) is 1.08. The van der Waals surface area contributed by atoms with E-state index in [1.54, 1.807) is 24.3 Å². The first kappa shape index (κ1) is 13.0. The number of hydrogen-bond acceptors (Lipinski definition) is 3. The highest BCUT2D eigenvalue weighted by molar-refractivity contribution is 6.27. The zero-order valence-electron chi connectivity index (χ0n) is 8.87. The van der Waals surface area contributed by atoms with Crippen molar-refractivity contribution < 1.29 is 9.59 Å². The van der Waals surface area contributed by atoms with Gasteiger partial charge in [-0.3, -0.25) is 9.59 Å². The number of nitrogens with zero attached hydrogens (tertiary/aromatic N) is 1. The summed E-state index contributed by atoms with van der Waals surface area (Å²) in [6.45, 7) is -0.133. The summed E-state index contributed by atoms with van der Waals surface area (Å²) in [5.74, 6) is -0.931. The van der Waals surface area contributed by atoms with E-state index in [-0.39, 0.29) is 18.3 Å². The summed E-state index contributed by atoms with van der Waals surface area (Å²) >= 11 is 5.25. The Bertz CT molecular complexity index is 451. The second kappa shape index (κ2) is 6.51. The number of nitriles is 1. The molecule has 0 bridgehead atoms. The van der Waals surface area contributed by atoms with Gasteiger partial charge >= 0.3 is 0 Å². The molecule has 0 radical (unpaired) electrons. The molecule has 0 aliphatic carbocycles. The van der Waals surface area contributed by atoms with Crippen LogP contribution in [0, 0.1) is 11.3 Å². The first-order valence-corrected chi connectivity index (χ1v) is 5.32. The highest BCUT2D eigenvalue weighted by Gasteiger charge is 2.04. The molecule has 6 heteroatoms. The molecule has 2 amide bonds. The van der Waals surface area contributed by atoms with E-state index in [9.17, 15) is 9.59 Å². The van der Waals surface area contributed by atoms with E-state index < -0.39 is 5.91 Å². The van der Waals surface area contributed by atoms with Crippen molar-refractivity contribution in [1.82, 2.24) is 5.32 Å². The normalized spacial score (nSPS) is 9.18. The highest BCUT2D eigenvalue weighted by Crippen LogP contribution is 2.08. The van der Waals surface area contributed by atoms with E-state index in [2.05, 4.69) is 10.6 Å². The molecule has 2 N–H and O–H groups in total. The average molecular weight is 252 g/mol. The molecule has 1 aromatic rings. The summed E-state index contributed by atoms with van der Waals surface area (Å²) < 4.78 is 0. The van der Waals surface area contributed by atoms with E-state index >= 15 is 0 Å². The fraction of sp³-hybridized carbons (Fsp3) is 0.182. The topological polar surface area (TPSA) is 82.0 Å². The van der Waals surface area contributed by atoms with Crippen LogP contribution in [-0.4, -0.2) is 24.2 Å². The first-order chi connectivity index (χ1) is 8.15. The number of halogens is 1. The molecule has 0 heterocycles. The third-order valence-corrected chi connectivity index (χ3v) is 2.11. The van der Waals surface area contributed by atoms with Gasteiger partial charge in [-0.1, -0.05) is 0 Å². The van der Waals surface area contributed by atoms with Crippen LogP contribution in [0.25, 0.3) is 0 Å². The van der Waals surface area contributed by atoms with Gasteiger partial charge in [0.1, 0.15) is 5.88 Å². The molecular formula is C11H10ClN3O2. The van der Waals surface area contributed by atoms with Gasteiger partial charge in [0.15, 0.2) is 0 Å². The number of amides is 2. The first-order valence-electron chi connectivity index (χ1n) is 4.78. The molecule has 1 rings (SSSR count). The van der Waals surface area contributed by atoms with Gasteiger partial charge < -0.3 is 10.6 Å². The molecule has 5 nitrogen and oxygen atoms in total. The maximum absolute atomic E-state index is 11.4. The Kier molecular flexibility index (Phi) is 4.98. The zero-order chi connectivity index (χ0) is 12.7. The second-order valence-corrected chi connectivity index (χ2v) is 3.41. The molecule has 0 unspecified atom stereocenters. The minimum atomic E-state index is -0.401. The fourth-order valence-corrected chi connectivity index (χ4v) is 1.15. The van der Waals surface area contributed by atoms with Gasteiger partial charge in [0.25, 0.3) is 0 Å². The van der Waals surface area contributed by atoms with E-state index in [1.165, 1.54) is 0 Å². The van der Waals surface area contributed by atoms with Crippen molar-refractivity contribution in [2.75, 3.05) is 17.7 Å². The Morgan fingerprint density at radius 3 is 2.41 bits per heavy atom. The summed E-state index contributed by atoms with van der Waals surface area (Å²) in [6, 6.07) is 8.37. The maximum Gasteiger partial charge on any atom is 0.243 e. The molecule has 0 saturated heterocycles. The standard InChI is InChI=1S/C11H10ClN3O2/c12-5-10(16)14-7-11(17)15-9-3-1-8(6-13)2-4-9/h1-4H,5,7H2,(H,14,16)(H,15,17). The smallest absolute Gasteiger partial charge is 0.243 e. The monoisotopic (exact) mass is 251 g/mol. The lowest BCUT2D eigenvalue weighted by molar-refractivity contribution is -0.122. The molecule has 0 spiro atoms. The van der Waals surface area contributed by atoms with E-state index in [0.29, 0.717) is 11.3 Å². The number of anilines is 1. The number of carbonyl (C=O) groups is 2. The Labute approximate surface area is 103 Å². The second-order valence-electron chi connectivity index (χ2n) is 3.15. The molecule has 0 saturated carbocycles. The van der Waals surface area contributed by atoms with Crippen LogP contribution < -0.4 is 10.6 Å². The summed E-state index contributed by atoms with van der Waals surface area (Å²) in [5, 5.41) is 13.5. The van der Waals surface area contributed by atoms with Crippen molar-refractivity contribution in [1.29, 1.82) is 5.26 Å². The van der Waals surface area contributed by atoms with Gasteiger partial charge in [-0.2, -0.15) is 5.26 Å². The molecule has 0 fully saturated rings. The van der Waals surface area contributed by atoms with Gasteiger partial charge in [-0.25, -0.2) is 0 Å². The van der Waals surface area contributed by atoms with Gasteiger partial charge in [0.2, 0.25) is 11.8 Å². The predicted octanol–water partition coefficient (Wildman–Crippen LogP) is 0.852. The maximum atomic E-state index is 11.4. The molecule has 0 aliphatic rings. The fourth-order valence-electron chi connectivity index (χ4n) is 1.06. The van der Waals surface area contributed by atoms with Crippen LogP contribution in [0.3, 0.4) is 0 Å². The Hall–Kier alpha value is -2.06. The third kappa shape index (κ3) is 4.53. The molecule has 0 atom stereocenters. The van der Waals surface area contributed by atoms with Gasteiger partial charge in [0, 0.05) is 5.69 Å². The molecule has 88 valence electrons. The Morgan fingerprint density at radius 1 is 1.24 bits per heavy atom.